The fraction of sp³-hybridized carbons (Fsp3) is 0.280. The van der Waals surface area contributed by atoms with Gasteiger partial charge < -0.3 is 14.9 Å². The number of hydrogen-bond donors (Lipinski definition) is 2. The number of anilines is 1. The maximum atomic E-state index is 14.7. The van der Waals surface area contributed by atoms with Crippen LogP contribution in [0.2, 0.25) is 0 Å². The summed E-state index contributed by atoms with van der Waals surface area (Å²) in [5.74, 6) is -1.00. The Morgan fingerprint density at radius 3 is 2.25 bits per heavy atom. The molecule has 0 bridgehead atoms. The molecule has 1 heterocycles. The van der Waals surface area contributed by atoms with E-state index in [1.807, 2.05) is 0 Å². The topological polar surface area (TPSA) is 87.1 Å². The number of aliphatic hydroxyl groups excluding tert-OH is 1. The standard InChI is InChI=1S/C25H23F4NO5S/c1-16-10-12-17(13-11-16)36(33,34)30-14-22(31)24(32,19-7-3-4-8-20(19)26)15-35-23(25(27,28)29)18-6-2-5-9-21(18)30/h2-13,22-23,31-32H,14-15H2,1H3/t22-,23-,24-/m1/s1. The molecule has 4 rings (SSSR count). The van der Waals surface area contributed by atoms with Crippen molar-refractivity contribution >= 4 is 15.7 Å². The van der Waals surface area contributed by atoms with Crippen LogP contribution in [0.25, 0.3) is 0 Å². The van der Waals surface area contributed by atoms with Crippen LogP contribution in [0.4, 0.5) is 23.2 Å². The Labute approximate surface area is 205 Å². The Kier molecular flexibility index (Phi) is 6.86. The third-order valence-electron chi connectivity index (χ3n) is 6.09. The van der Waals surface area contributed by atoms with Gasteiger partial charge in [-0.05, 0) is 31.2 Å². The van der Waals surface area contributed by atoms with Gasteiger partial charge in [0.05, 0.1) is 23.7 Å². The summed E-state index contributed by atoms with van der Waals surface area (Å²) in [5, 5.41) is 22.5. The first-order chi connectivity index (χ1) is 16.9. The van der Waals surface area contributed by atoms with Gasteiger partial charge in [-0.3, -0.25) is 4.31 Å². The molecule has 3 aromatic carbocycles. The van der Waals surface area contributed by atoms with Crippen LogP contribution in [0.5, 0.6) is 0 Å². The molecule has 192 valence electrons. The number of halogens is 4. The quantitative estimate of drug-likeness (QED) is 0.501. The maximum Gasteiger partial charge on any atom is 0.418 e. The molecule has 0 saturated heterocycles. The van der Waals surface area contributed by atoms with E-state index in [0.29, 0.717) is 4.31 Å². The van der Waals surface area contributed by atoms with E-state index < -0.39 is 69.8 Å². The second-order valence-electron chi connectivity index (χ2n) is 8.56. The molecule has 0 aromatic heterocycles. The first kappa shape index (κ1) is 26.1. The highest BCUT2D eigenvalue weighted by atomic mass is 32.2. The molecule has 6 nitrogen and oxygen atoms in total. The number of rotatable bonds is 3. The molecule has 0 unspecified atom stereocenters. The fourth-order valence-corrected chi connectivity index (χ4v) is 5.64. The average Bonchev–Trinajstić information content (AvgIpc) is 2.86. The zero-order valence-corrected chi connectivity index (χ0v) is 19.8. The van der Waals surface area contributed by atoms with Crippen molar-refractivity contribution in [3.05, 3.63) is 95.3 Å². The van der Waals surface area contributed by atoms with Gasteiger partial charge in [-0.15, -0.1) is 0 Å². The van der Waals surface area contributed by atoms with Crippen LogP contribution in [0.1, 0.15) is 22.8 Å². The van der Waals surface area contributed by atoms with Crippen molar-refractivity contribution in [1.82, 2.24) is 0 Å². The molecule has 0 spiro atoms. The predicted molar refractivity (Wildman–Crippen MR) is 123 cm³/mol. The number of aryl methyl sites for hydroxylation is 1. The van der Waals surface area contributed by atoms with Crippen LogP contribution < -0.4 is 4.31 Å². The molecule has 2 N–H and O–H groups in total. The number of aliphatic hydroxyl groups is 2. The number of fused-ring (bicyclic) bond motifs is 1. The highest BCUT2D eigenvalue weighted by Gasteiger charge is 2.50. The summed E-state index contributed by atoms with van der Waals surface area (Å²) in [7, 11) is -4.55. The third kappa shape index (κ3) is 4.71. The molecule has 0 saturated carbocycles. The van der Waals surface area contributed by atoms with E-state index in [9.17, 15) is 36.2 Å². The van der Waals surface area contributed by atoms with Crippen molar-refractivity contribution in [2.24, 2.45) is 0 Å². The van der Waals surface area contributed by atoms with Gasteiger partial charge in [0.25, 0.3) is 10.0 Å². The van der Waals surface area contributed by atoms with Crippen LogP contribution in [0.15, 0.2) is 77.7 Å². The lowest BCUT2D eigenvalue weighted by molar-refractivity contribution is -0.243. The predicted octanol–water partition coefficient (Wildman–Crippen LogP) is 4.21. The number of nitrogens with zero attached hydrogens (tertiary/aromatic N) is 1. The molecular weight excluding hydrogens is 502 g/mol. The minimum absolute atomic E-state index is 0.242. The van der Waals surface area contributed by atoms with Crippen molar-refractivity contribution in [2.75, 3.05) is 17.5 Å². The van der Waals surface area contributed by atoms with Crippen LogP contribution in [-0.2, 0) is 20.4 Å². The number of para-hydroxylation sites is 1. The van der Waals surface area contributed by atoms with Gasteiger partial charge in [0.15, 0.2) is 6.10 Å². The van der Waals surface area contributed by atoms with Crippen LogP contribution in [0.3, 0.4) is 0 Å². The highest BCUT2D eigenvalue weighted by molar-refractivity contribution is 7.92. The second kappa shape index (κ2) is 9.47. The SMILES string of the molecule is Cc1ccc(S(=O)(=O)N2C[C@@H](O)[C@](O)(c3ccccc3F)CO[C@@H](C(F)(F)F)c3ccccc32)cc1. The Balaban J connectivity index is 1.96. The number of hydrogen-bond acceptors (Lipinski definition) is 5. The summed E-state index contributed by atoms with van der Waals surface area (Å²) < 4.78 is 90.3. The fourth-order valence-electron chi connectivity index (χ4n) is 4.14. The molecule has 11 heteroatoms. The van der Waals surface area contributed by atoms with Crippen LogP contribution in [0, 0.1) is 12.7 Å². The van der Waals surface area contributed by atoms with Crippen molar-refractivity contribution in [3.8, 4) is 0 Å². The summed E-state index contributed by atoms with van der Waals surface area (Å²) in [6.07, 6.45) is -9.77. The summed E-state index contributed by atoms with van der Waals surface area (Å²) in [6.45, 7) is -0.312. The number of β-amino-alcohol motifs (C(OH)–C–C–N with tert-alkyl or cyclic N) is 1. The lowest BCUT2D eigenvalue weighted by Crippen LogP contribution is -2.51. The van der Waals surface area contributed by atoms with E-state index in [2.05, 4.69) is 0 Å². The van der Waals surface area contributed by atoms with Crippen molar-refractivity contribution in [2.45, 2.75) is 35.8 Å². The van der Waals surface area contributed by atoms with Gasteiger partial charge in [-0.2, -0.15) is 13.2 Å². The lowest BCUT2D eigenvalue weighted by Gasteiger charge is -2.35. The minimum Gasteiger partial charge on any atom is -0.388 e. The normalized spacial score (nSPS) is 23.4. The van der Waals surface area contributed by atoms with E-state index in [0.717, 1.165) is 29.8 Å². The zero-order valence-electron chi connectivity index (χ0n) is 19.0. The van der Waals surface area contributed by atoms with E-state index in [4.69, 9.17) is 4.74 Å². The van der Waals surface area contributed by atoms with Gasteiger partial charge in [0.1, 0.15) is 17.5 Å². The second-order valence-corrected chi connectivity index (χ2v) is 10.4. The summed E-state index contributed by atoms with van der Waals surface area (Å²) in [4.78, 5) is -0.242. The number of ether oxygens (including phenoxy) is 1. The van der Waals surface area contributed by atoms with Gasteiger partial charge in [-0.1, -0.05) is 54.1 Å². The first-order valence-electron chi connectivity index (χ1n) is 10.9. The van der Waals surface area contributed by atoms with Crippen molar-refractivity contribution in [3.63, 3.8) is 0 Å². The van der Waals surface area contributed by atoms with Crippen LogP contribution >= 0.6 is 0 Å². The van der Waals surface area contributed by atoms with Gasteiger partial charge >= 0.3 is 6.18 Å². The molecular formula is C25H23F4NO5S. The van der Waals surface area contributed by atoms with Crippen molar-refractivity contribution < 1.29 is 40.9 Å². The molecule has 0 radical (unpaired) electrons. The molecule has 0 fully saturated rings. The Bertz CT molecular complexity index is 1350. The van der Waals surface area contributed by atoms with Gasteiger partial charge in [0.2, 0.25) is 0 Å². The number of sulfonamides is 1. The largest absolute Gasteiger partial charge is 0.418 e. The average molecular weight is 526 g/mol. The molecule has 1 aliphatic rings. The van der Waals surface area contributed by atoms with Gasteiger partial charge in [0, 0.05) is 11.1 Å². The zero-order chi connectivity index (χ0) is 26.3. The summed E-state index contributed by atoms with van der Waals surface area (Å²) >= 11 is 0. The van der Waals surface area contributed by atoms with E-state index in [1.165, 1.54) is 48.5 Å². The first-order valence-corrected chi connectivity index (χ1v) is 12.3. The smallest absolute Gasteiger partial charge is 0.388 e. The molecule has 3 aromatic rings. The third-order valence-corrected chi connectivity index (χ3v) is 7.89. The monoisotopic (exact) mass is 525 g/mol. The summed E-state index contributed by atoms with van der Waals surface area (Å²) in [6, 6.07) is 15.1. The number of alkyl halides is 3. The Morgan fingerprint density at radius 2 is 1.61 bits per heavy atom. The Morgan fingerprint density at radius 1 is 1.00 bits per heavy atom. The molecule has 1 aliphatic heterocycles. The lowest BCUT2D eigenvalue weighted by atomic mass is 9.88. The number of benzene rings is 3. The van der Waals surface area contributed by atoms with Gasteiger partial charge in [-0.25, -0.2) is 12.8 Å². The van der Waals surface area contributed by atoms with Crippen LogP contribution in [-0.4, -0.2) is 44.1 Å². The van der Waals surface area contributed by atoms with Crippen molar-refractivity contribution in [1.29, 1.82) is 0 Å². The van der Waals surface area contributed by atoms with E-state index >= 15 is 0 Å². The van der Waals surface area contributed by atoms with E-state index in [1.54, 1.807) is 6.92 Å². The minimum atomic E-state index is -5.03. The molecule has 36 heavy (non-hydrogen) atoms. The van der Waals surface area contributed by atoms with E-state index in [-0.39, 0.29) is 4.90 Å². The maximum absolute atomic E-state index is 14.7. The molecule has 0 amide bonds. The molecule has 0 aliphatic carbocycles. The highest BCUT2D eigenvalue weighted by Crippen LogP contribution is 2.44. The Hall–Kier alpha value is -2.99. The molecule has 3 atom stereocenters. The summed E-state index contributed by atoms with van der Waals surface area (Å²) in [5.41, 5.74) is -3.42.